The standard InChI is InChI=1S/C18H26N2O3S/c1-12-19-15-9-14(5-6-16(15)24-12)22-11-13-7-8-20(10-13)17(21)23-18(2,3)4/h5-6,9,13,15-16H,7-8,10-11H2,1-4H3/t13-,15+,16+/m0/s1. The van der Waals surface area contributed by atoms with Gasteiger partial charge in [0.1, 0.15) is 11.4 Å². The molecule has 0 aromatic heterocycles. The Balaban J connectivity index is 1.46. The third-order valence-electron chi connectivity index (χ3n) is 4.18. The molecule has 3 aliphatic rings. The van der Waals surface area contributed by atoms with E-state index in [2.05, 4.69) is 24.1 Å². The van der Waals surface area contributed by atoms with E-state index in [1.165, 1.54) is 0 Å². The largest absolute Gasteiger partial charge is 0.494 e. The third-order valence-corrected chi connectivity index (χ3v) is 5.34. The minimum absolute atomic E-state index is 0.205. The highest BCUT2D eigenvalue weighted by Gasteiger charge is 2.31. The zero-order valence-electron chi connectivity index (χ0n) is 14.8. The second-order valence-corrected chi connectivity index (χ2v) is 8.91. The highest BCUT2D eigenvalue weighted by atomic mass is 32.2. The first-order valence-corrected chi connectivity index (χ1v) is 9.40. The summed E-state index contributed by atoms with van der Waals surface area (Å²) in [5.74, 6) is 1.25. The van der Waals surface area contributed by atoms with Crippen molar-refractivity contribution in [3.8, 4) is 0 Å². The summed E-state index contributed by atoms with van der Waals surface area (Å²) in [5.41, 5.74) is -0.447. The summed E-state index contributed by atoms with van der Waals surface area (Å²) < 4.78 is 11.4. The molecule has 0 spiro atoms. The van der Waals surface area contributed by atoms with Crippen molar-refractivity contribution in [2.75, 3.05) is 19.7 Å². The molecule has 24 heavy (non-hydrogen) atoms. The molecule has 0 aromatic carbocycles. The summed E-state index contributed by atoms with van der Waals surface area (Å²) in [4.78, 5) is 18.5. The first-order valence-electron chi connectivity index (χ1n) is 8.52. The lowest BCUT2D eigenvalue weighted by atomic mass is 10.1. The number of rotatable bonds is 3. The first-order chi connectivity index (χ1) is 11.3. The minimum Gasteiger partial charge on any atom is -0.494 e. The fourth-order valence-corrected chi connectivity index (χ4v) is 4.06. The van der Waals surface area contributed by atoms with Crippen LogP contribution >= 0.6 is 11.8 Å². The Morgan fingerprint density at radius 3 is 3.00 bits per heavy atom. The van der Waals surface area contributed by atoms with E-state index < -0.39 is 5.60 Å². The number of likely N-dealkylation sites (tertiary alicyclic amines) is 1. The number of hydrogen-bond acceptors (Lipinski definition) is 5. The van der Waals surface area contributed by atoms with E-state index in [-0.39, 0.29) is 12.1 Å². The van der Waals surface area contributed by atoms with Crippen molar-refractivity contribution in [2.24, 2.45) is 10.9 Å². The Morgan fingerprint density at radius 2 is 2.25 bits per heavy atom. The molecule has 1 fully saturated rings. The summed E-state index contributed by atoms with van der Waals surface area (Å²) >= 11 is 1.81. The summed E-state index contributed by atoms with van der Waals surface area (Å²) in [6.45, 7) is 9.79. The number of nitrogens with zero attached hydrogens (tertiary/aromatic N) is 2. The van der Waals surface area contributed by atoms with Crippen LogP contribution in [0.15, 0.2) is 29.0 Å². The number of carbonyl (C=O) groups is 1. The number of amides is 1. The van der Waals surface area contributed by atoms with Crippen LogP contribution in [0.1, 0.15) is 34.1 Å². The van der Waals surface area contributed by atoms with Gasteiger partial charge in [0, 0.05) is 19.0 Å². The molecule has 0 N–H and O–H groups in total. The van der Waals surface area contributed by atoms with Crippen LogP contribution in [0.4, 0.5) is 4.79 Å². The monoisotopic (exact) mass is 350 g/mol. The van der Waals surface area contributed by atoms with Gasteiger partial charge in [-0.25, -0.2) is 4.79 Å². The van der Waals surface area contributed by atoms with Crippen molar-refractivity contribution in [2.45, 2.75) is 51.0 Å². The molecule has 3 rings (SSSR count). The molecule has 1 amide bonds. The normalized spacial score (nSPS) is 29.2. The summed E-state index contributed by atoms with van der Waals surface area (Å²) in [7, 11) is 0. The van der Waals surface area contributed by atoms with E-state index >= 15 is 0 Å². The number of ether oxygens (including phenoxy) is 2. The van der Waals surface area contributed by atoms with Gasteiger partial charge >= 0.3 is 6.09 Å². The van der Waals surface area contributed by atoms with Gasteiger partial charge in [-0.05, 0) is 46.3 Å². The fourth-order valence-electron chi connectivity index (χ4n) is 3.05. The molecule has 0 aromatic rings. The number of thioether (sulfide) groups is 1. The van der Waals surface area contributed by atoms with Gasteiger partial charge in [0.15, 0.2) is 0 Å². The maximum absolute atomic E-state index is 12.1. The Bertz CT molecular complexity index is 592. The maximum Gasteiger partial charge on any atom is 0.410 e. The first kappa shape index (κ1) is 17.4. The van der Waals surface area contributed by atoms with Crippen molar-refractivity contribution in [3.05, 3.63) is 24.0 Å². The van der Waals surface area contributed by atoms with E-state index in [0.717, 1.165) is 23.8 Å². The molecule has 1 aliphatic carbocycles. The van der Waals surface area contributed by atoms with Gasteiger partial charge in [-0.2, -0.15) is 0 Å². The predicted molar refractivity (Wildman–Crippen MR) is 97.4 cm³/mol. The number of hydrogen-bond donors (Lipinski definition) is 0. The van der Waals surface area contributed by atoms with E-state index in [1.54, 1.807) is 4.90 Å². The zero-order chi connectivity index (χ0) is 17.3. The average Bonchev–Trinajstić information content (AvgIpc) is 3.08. The summed E-state index contributed by atoms with van der Waals surface area (Å²) in [5, 5.41) is 1.56. The molecule has 132 valence electrons. The lowest BCUT2D eigenvalue weighted by molar-refractivity contribution is 0.0282. The Kier molecular flexibility index (Phi) is 4.95. The summed E-state index contributed by atoms with van der Waals surface area (Å²) in [6.07, 6.45) is 7.05. The van der Waals surface area contributed by atoms with Crippen molar-refractivity contribution in [1.82, 2.24) is 4.90 Å². The van der Waals surface area contributed by atoms with Gasteiger partial charge in [0.05, 0.1) is 22.9 Å². The van der Waals surface area contributed by atoms with Crippen molar-refractivity contribution < 1.29 is 14.3 Å². The number of allylic oxidation sites excluding steroid dienone is 1. The van der Waals surface area contributed by atoms with Crippen molar-refractivity contribution in [3.63, 3.8) is 0 Å². The Morgan fingerprint density at radius 1 is 1.46 bits per heavy atom. The molecule has 6 heteroatoms. The maximum atomic E-state index is 12.1. The smallest absolute Gasteiger partial charge is 0.410 e. The van der Waals surface area contributed by atoms with E-state index in [4.69, 9.17) is 9.47 Å². The number of aliphatic imine (C=N–C) groups is 1. The van der Waals surface area contributed by atoms with Gasteiger partial charge in [0.2, 0.25) is 0 Å². The topological polar surface area (TPSA) is 51.1 Å². The molecular weight excluding hydrogens is 324 g/mol. The molecule has 3 atom stereocenters. The Hall–Kier alpha value is -1.43. The van der Waals surface area contributed by atoms with E-state index in [0.29, 0.717) is 24.3 Å². The molecule has 5 nitrogen and oxygen atoms in total. The molecule has 1 saturated heterocycles. The van der Waals surface area contributed by atoms with E-state index in [9.17, 15) is 4.79 Å². The quantitative estimate of drug-likeness (QED) is 0.780. The Labute approximate surface area is 148 Å². The number of carbonyl (C=O) groups excluding carboxylic acids is 1. The van der Waals surface area contributed by atoms with Crippen molar-refractivity contribution in [1.29, 1.82) is 0 Å². The lowest BCUT2D eigenvalue weighted by Gasteiger charge is -2.24. The third kappa shape index (κ3) is 4.35. The predicted octanol–water partition coefficient (Wildman–Crippen LogP) is 3.62. The van der Waals surface area contributed by atoms with Crippen LogP contribution in [-0.4, -0.2) is 52.6 Å². The van der Waals surface area contributed by atoms with Gasteiger partial charge in [-0.15, -0.1) is 11.8 Å². The van der Waals surface area contributed by atoms with Crippen LogP contribution in [0.3, 0.4) is 0 Å². The molecule has 0 bridgehead atoms. The highest BCUT2D eigenvalue weighted by Crippen LogP contribution is 2.32. The fraction of sp³-hybridized carbons (Fsp3) is 0.667. The molecule has 0 radical (unpaired) electrons. The van der Waals surface area contributed by atoms with Gasteiger partial charge in [-0.1, -0.05) is 6.08 Å². The van der Waals surface area contributed by atoms with Crippen LogP contribution in [-0.2, 0) is 9.47 Å². The average molecular weight is 350 g/mol. The molecule has 0 unspecified atom stereocenters. The second-order valence-electron chi connectivity index (χ2n) is 7.54. The van der Waals surface area contributed by atoms with Crippen LogP contribution < -0.4 is 0 Å². The van der Waals surface area contributed by atoms with Crippen LogP contribution in [0.2, 0.25) is 0 Å². The SMILES string of the molecule is CC1=N[C@@H]2C=C(OC[C@H]3CCN(C(=O)OC(C)(C)C)C3)C=C[C@H]2S1. The minimum atomic E-state index is -0.447. The highest BCUT2D eigenvalue weighted by molar-refractivity contribution is 8.14. The molecule has 2 heterocycles. The summed E-state index contributed by atoms with van der Waals surface area (Å²) in [6, 6.07) is 0.205. The van der Waals surface area contributed by atoms with Gasteiger partial charge in [0.25, 0.3) is 0 Å². The molecule has 2 aliphatic heterocycles. The van der Waals surface area contributed by atoms with Crippen LogP contribution in [0.5, 0.6) is 0 Å². The number of fused-ring (bicyclic) bond motifs is 1. The second kappa shape index (κ2) is 6.82. The van der Waals surface area contributed by atoms with Gasteiger partial charge < -0.3 is 14.4 Å². The van der Waals surface area contributed by atoms with E-state index in [1.807, 2.05) is 38.6 Å². The zero-order valence-corrected chi connectivity index (χ0v) is 15.6. The van der Waals surface area contributed by atoms with Crippen LogP contribution in [0, 0.1) is 5.92 Å². The lowest BCUT2D eigenvalue weighted by Crippen LogP contribution is -2.35. The van der Waals surface area contributed by atoms with Crippen molar-refractivity contribution >= 4 is 22.9 Å². The van der Waals surface area contributed by atoms with Crippen LogP contribution in [0.25, 0.3) is 0 Å². The molecular formula is C18H26N2O3S. The van der Waals surface area contributed by atoms with Gasteiger partial charge in [-0.3, -0.25) is 4.99 Å². The molecule has 0 saturated carbocycles.